The Hall–Kier alpha value is -2.62. The first-order valence-electron chi connectivity index (χ1n) is 11.4. The van der Waals surface area contributed by atoms with Gasteiger partial charge >= 0.3 is 0 Å². The van der Waals surface area contributed by atoms with E-state index in [9.17, 15) is 18.0 Å². The van der Waals surface area contributed by atoms with Crippen LogP contribution < -0.4 is 10.6 Å². The second-order valence-corrected chi connectivity index (χ2v) is 12.4. The van der Waals surface area contributed by atoms with Crippen molar-refractivity contribution in [2.45, 2.75) is 40.3 Å². The van der Waals surface area contributed by atoms with Gasteiger partial charge in [-0.25, -0.2) is 8.42 Å². The molecule has 0 bridgehead atoms. The maximum atomic E-state index is 13.2. The first kappa shape index (κ1) is 23.1. The van der Waals surface area contributed by atoms with E-state index in [2.05, 4.69) is 29.3 Å². The maximum Gasteiger partial charge on any atom is 0.251 e. The molecule has 2 aromatic rings. The van der Waals surface area contributed by atoms with Crippen LogP contribution in [-0.2, 0) is 14.8 Å². The molecule has 0 spiro atoms. The highest BCUT2D eigenvalue weighted by Gasteiger charge is 2.46. The molecule has 3 aliphatic rings. The van der Waals surface area contributed by atoms with Crippen LogP contribution in [0.1, 0.15) is 34.7 Å². The smallest absolute Gasteiger partial charge is 0.251 e. The van der Waals surface area contributed by atoms with E-state index in [1.165, 1.54) is 28.1 Å². The van der Waals surface area contributed by atoms with Crippen LogP contribution in [0.5, 0.6) is 0 Å². The number of sulfonamides is 1. The van der Waals surface area contributed by atoms with Gasteiger partial charge in [0.05, 0.1) is 10.3 Å². The molecule has 2 N–H and O–H groups in total. The third-order valence-electron chi connectivity index (χ3n) is 6.78. The van der Waals surface area contributed by atoms with E-state index in [1.54, 1.807) is 23.9 Å². The molecule has 2 aromatic carbocycles. The number of fused-ring (bicyclic) bond motifs is 1. The summed E-state index contributed by atoms with van der Waals surface area (Å²) in [6.07, 6.45) is 2.91. The minimum Gasteiger partial charge on any atom is -0.349 e. The molecule has 178 valence electrons. The average Bonchev–Trinajstić information content (AvgIpc) is 3.33. The van der Waals surface area contributed by atoms with E-state index in [1.807, 2.05) is 18.2 Å². The van der Waals surface area contributed by atoms with Gasteiger partial charge < -0.3 is 10.6 Å². The quantitative estimate of drug-likeness (QED) is 0.574. The van der Waals surface area contributed by atoms with Gasteiger partial charge in [-0.2, -0.15) is 4.31 Å². The third-order valence-corrected chi connectivity index (χ3v) is 10.1. The van der Waals surface area contributed by atoms with Gasteiger partial charge in [-0.3, -0.25) is 9.59 Å². The van der Waals surface area contributed by atoms with Crippen LogP contribution >= 0.6 is 11.8 Å². The minimum absolute atomic E-state index is 0.00361. The molecule has 1 saturated carbocycles. The first-order valence-corrected chi connectivity index (χ1v) is 13.8. The summed E-state index contributed by atoms with van der Waals surface area (Å²) in [4.78, 5) is 24.4. The average molecular weight is 498 g/mol. The van der Waals surface area contributed by atoms with E-state index < -0.39 is 10.0 Å². The van der Waals surface area contributed by atoms with Gasteiger partial charge in [0.15, 0.2) is 0 Å². The van der Waals surface area contributed by atoms with Crippen LogP contribution in [0, 0.1) is 5.92 Å². The van der Waals surface area contributed by atoms with Crippen molar-refractivity contribution in [2.75, 3.05) is 13.1 Å². The molecule has 0 aromatic heterocycles. The molecule has 2 saturated heterocycles. The van der Waals surface area contributed by atoms with Gasteiger partial charge in [0.1, 0.15) is 0 Å². The van der Waals surface area contributed by atoms with Crippen molar-refractivity contribution in [2.24, 2.45) is 5.92 Å². The number of carbonyl (C=O) groups excluding carboxylic acids is 2. The molecule has 0 radical (unpaired) electrons. The van der Waals surface area contributed by atoms with Crippen molar-refractivity contribution >= 4 is 33.6 Å². The number of rotatable bonds is 7. The molecule has 2 amide bonds. The van der Waals surface area contributed by atoms with Crippen LogP contribution in [0.2, 0.25) is 0 Å². The van der Waals surface area contributed by atoms with E-state index in [-0.39, 0.29) is 39.3 Å². The highest BCUT2D eigenvalue weighted by Crippen LogP contribution is 2.43. The summed E-state index contributed by atoms with van der Waals surface area (Å²) in [6, 6.07) is 16.4. The molecule has 2 aliphatic heterocycles. The van der Waals surface area contributed by atoms with E-state index in [0.717, 1.165) is 12.8 Å². The maximum absolute atomic E-state index is 13.2. The summed E-state index contributed by atoms with van der Waals surface area (Å²) in [5, 5.41) is 6.09. The number of carbonyl (C=O) groups is 2. The topological polar surface area (TPSA) is 95.6 Å². The van der Waals surface area contributed by atoms with Gasteiger partial charge in [0.2, 0.25) is 15.9 Å². The lowest BCUT2D eigenvalue weighted by Gasteiger charge is -2.19. The molecule has 34 heavy (non-hydrogen) atoms. The van der Waals surface area contributed by atoms with Crippen molar-refractivity contribution in [1.82, 2.24) is 14.9 Å². The van der Waals surface area contributed by atoms with Gasteiger partial charge in [0.25, 0.3) is 5.91 Å². The van der Waals surface area contributed by atoms with Crippen LogP contribution in [0.15, 0.2) is 72.1 Å². The monoisotopic (exact) mass is 497 g/mol. The number of thioether (sulfide) groups is 1. The van der Waals surface area contributed by atoms with Crippen molar-refractivity contribution in [1.29, 1.82) is 0 Å². The number of hydrogen-bond donors (Lipinski definition) is 2. The highest BCUT2D eigenvalue weighted by molar-refractivity contribution is 8.00. The second kappa shape index (κ2) is 9.20. The molecule has 9 heteroatoms. The molecule has 5 atom stereocenters. The number of amides is 2. The number of benzene rings is 2. The molecule has 7 nitrogen and oxygen atoms in total. The largest absolute Gasteiger partial charge is 0.349 e. The fourth-order valence-corrected chi connectivity index (χ4v) is 8.10. The zero-order valence-corrected chi connectivity index (χ0v) is 20.2. The van der Waals surface area contributed by atoms with Crippen LogP contribution in [0.25, 0.3) is 0 Å². The van der Waals surface area contributed by atoms with Gasteiger partial charge in [0, 0.05) is 35.9 Å². The van der Waals surface area contributed by atoms with Crippen LogP contribution in [0.4, 0.5) is 0 Å². The van der Waals surface area contributed by atoms with Crippen molar-refractivity contribution in [3.8, 4) is 0 Å². The summed E-state index contributed by atoms with van der Waals surface area (Å²) in [7, 11) is -3.64. The highest BCUT2D eigenvalue weighted by atomic mass is 32.2. The molecule has 4 unspecified atom stereocenters. The lowest BCUT2D eigenvalue weighted by molar-refractivity contribution is -0.116. The normalized spacial score (nSPS) is 28.2. The lowest BCUT2D eigenvalue weighted by atomic mass is 10.1. The Kier molecular flexibility index (Phi) is 6.26. The summed E-state index contributed by atoms with van der Waals surface area (Å²) < 4.78 is 27.9. The summed E-state index contributed by atoms with van der Waals surface area (Å²) in [5.41, 5.74) is 1.67. The Bertz CT molecular complexity index is 1190. The van der Waals surface area contributed by atoms with Crippen LogP contribution in [-0.4, -0.2) is 54.3 Å². The molecular formula is C25H27N3O4S2. The molecule has 3 fully saturated rings. The number of hydrogen-bond acceptors (Lipinski definition) is 5. The zero-order chi connectivity index (χ0) is 23.9. The summed E-state index contributed by atoms with van der Waals surface area (Å²) in [6.45, 7) is 4.32. The molecule has 5 rings (SSSR count). The Morgan fingerprint density at radius 3 is 2.41 bits per heavy atom. The van der Waals surface area contributed by atoms with Crippen LogP contribution in [0.3, 0.4) is 0 Å². The van der Waals surface area contributed by atoms with Crippen molar-refractivity contribution < 1.29 is 18.0 Å². The zero-order valence-electron chi connectivity index (χ0n) is 18.6. The van der Waals surface area contributed by atoms with Crippen molar-refractivity contribution in [3.63, 3.8) is 0 Å². The van der Waals surface area contributed by atoms with Gasteiger partial charge in [-0.15, -0.1) is 11.8 Å². The lowest BCUT2D eigenvalue weighted by Crippen LogP contribution is -2.33. The Morgan fingerprint density at radius 1 is 1.00 bits per heavy atom. The first-order chi connectivity index (χ1) is 16.3. The third kappa shape index (κ3) is 4.64. The second-order valence-electron chi connectivity index (χ2n) is 9.05. The fourth-order valence-electron chi connectivity index (χ4n) is 4.83. The SMILES string of the molecule is C=CC(=O)NC1CC2CN(S(=O)(=O)c3ccc(C(=O)N[C@@H]4CC4c4ccccc4)cc3)CC2S1. The van der Waals surface area contributed by atoms with Crippen molar-refractivity contribution in [3.05, 3.63) is 78.4 Å². The number of nitrogens with zero attached hydrogens (tertiary/aromatic N) is 1. The van der Waals surface area contributed by atoms with E-state index in [0.29, 0.717) is 24.6 Å². The Balaban J connectivity index is 1.17. The molecule has 1 aliphatic carbocycles. The molecular weight excluding hydrogens is 470 g/mol. The summed E-state index contributed by atoms with van der Waals surface area (Å²) >= 11 is 1.62. The van der Waals surface area contributed by atoms with E-state index >= 15 is 0 Å². The molecule has 2 heterocycles. The Labute approximate surface area is 204 Å². The predicted octanol–water partition coefficient (Wildman–Crippen LogP) is 2.73. The minimum atomic E-state index is -3.64. The Morgan fingerprint density at radius 2 is 1.74 bits per heavy atom. The van der Waals surface area contributed by atoms with Gasteiger partial charge in [-0.05, 0) is 54.7 Å². The predicted molar refractivity (Wildman–Crippen MR) is 132 cm³/mol. The fraction of sp³-hybridized carbons (Fsp3) is 0.360. The van der Waals surface area contributed by atoms with Gasteiger partial charge in [-0.1, -0.05) is 36.9 Å². The van der Waals surface area contributed by atoms with E-state index in [4.69, 9.17) is 0 Å². The standard InChI is InChI=1S/C25H27N3O4S2/c1-2-23(29)27-24-12-18-14-28(15-22(18)33-24)34(31,32)19-10-8-17(9-11-19)25(30)26-21-13-20(21)16-6-4-3-5-7-16/h2-11,18,20-22,24H,1,12-15H2,(H,26,30)(H,27,29)/t18?,20?,21-,22?,24?/m1/s1. The number of nitrogens with one attached hydrogen (secondary N) is 2. The summed E-state index contributed by atoms with van der Waals surface area (Å²) in [5.74, 6) is 0.147.